The number of benzene rings is 2. The van der Waals surface area contributed by atoms with Crippen LogP contribution in [-0.4, -0.2) is 48.5 Å². The van der Waals surface area contributed by atoms with Gasteiger partial charge in [0.25, 0.3) is 0 Å². The van der Waals surface area contributed by atoms with Crippen molar-refractivity contribution in [1.82, 2.24) is 9.88 Å². The second-order valence-electron chi connectivity index (χ2n) is 7.68. The summed E-state index contributed by atoms with van der Waals surface area (Å²) in [5.41, 5.74) is 3.91. The maximum atomic E-state index is 12.3. The molecule has 2 heterocycles. The molecule has 0 aliphatic carbocycles. The Labute approximate surface area is 178 Å². The molecular formula is C25H28N4O. The first-order valence-electron chi connectivity index (χ1n) is 10.5. The molecule has 1 saturated heterocycles. The maximum Gasteiger partial charge on any atom is 0.248 e. The van der Waals surface area contributed by atoms with E-state index in [-0.39, 0.29) is 5.91 Å². The number of amides is 1. The Balaban J connectivity index is 1.48. The second kappa shape index (κ2) is 9.09. The van der Waals surface area contributed by atoms with E-state index < -0.39 is 0 Å². The number of rotatable bonds is 5. The first kappa shape index (κ1) is 20.1. The molecule has 2 aromatic carbocycles. The van der Waals surface area contributed by atoms with Gasteiger partial charge in [-0.15, -0.1) is 0 Å². The molecule has 1 N–H and O–H groups in total. The number of carbonyl (C=O) groups is 1. The normalized spacial score (nSPS) is 15.1. The number of nitrogens with zero attached hydrogens (tertiary/aromatic N) is 3. The number of hydrogen-bond acceptors (Lipinski definition) is 4. The van der Waals surface area contributed by atoms with Crippen molar-refractivity contribution < 1.29 is 4.79 Å². The molecule has 0 bridgehead atoms. The van der Waals surface area contributed by atoms with Gasteiger partial charge in [-0.05, 0) is 54.9 Å². The molecule has 3 aromatic rings. The van der Waals surface area contributed by atoms with E-state index in [9.17, 15) is 4.79 Å². The van der Waals surface area contributed by atoms with E-state index >= 15 is 0 Å². The highest BCUT2D eigenvalue weighted by Gasteiger charge is 2.17. The second-order valence-corrected chi connectivity index (χ2v) is 7.68. The number of likely N-dealkylation sites (N-methyl/N-ethyl adjacent to an activating group) is 1. The Bertz CT molecular complexity index is 1050. The molecule has 5 nitrogen and oxygen atoms in total. The Hall–Kier alpha value is -3.18. The molecule has 154 valence electrons. The van der Waals surface area contributed by atoms with Crippen LogP contribution in [0.15, 0.2) is 60.7 Å². The zero-order valence-corrected chi connectivity index (χ0v) is 17.6. The molecule has 30 heavy (non-hydrogen) atoms. The zero-order chi connectivity index (χ0) is 20.9. The molecule has 4 rings (SSSR count). The lowest BCUT2D eigenvalue weighted by atomic mass is 10.1. The van der Waals surface area contributed by atoms with E-state index in [0.717, 1.165) is 60.7 Å². The predicted molar refractivity (Wildman–Crippen MR) is 125 cm³/mol. The lowest BCUT2D eigenvalue weighted by Gasteiger charge is -2.35. The fourth-order valence-electron chi connectivity index (χ4n) is 3.83. The Kier molecular flexibility index (Phi) is 6.10. The number of anilines is 2. The molecule has 1 aliphatic rings. The fourth-order valence-corrected chi connectivity index (χ4v) is 3.83. The Morgan fingerprint density at radius 3 is 2.57 bits per heavy atom. The minimum atomic E-state index is -0.144. The number of aromatic nitrogens is 1. The Morgan fingerprint density at radius 1 is 1.07 bits per heavy atom. The summed E-state index contributed by atoms with van der Waals surface area (Å²) in [5.74, 6) is 0.896. The summed E-state index contributed by atoms with van der Waals surface area (Å²) < 4.78 is 0. The molecule has 1 aromatic heterocycles. The van der Waals surface area contributed by atoms with Crippen molar-refractivity contribution in [3.8, 4) is 0 Å². The summed E-state index contributed by atoms with van der Waals surface area (Å²) in [7, 11) is 0. The predicted octanol–water partition coefficient (Wildman–Crippen LogP) is 4.34. The number of nitrogens with one attached hydrogen (secondary N) is 1. The fraction of sp³-hybridized carbons (Fsp3) is 0.280. The van der Waals surface area contributed by atoms with Crippen molar-refractivity contribution in [2.75, 3.05) is 42.9 Å². The van der Waals surface area contributed by atoms with Gasteiger partial charge in [0.2, 0.25) is 5.91 Å². The average molecular weight is 401 g/mol. The minimum Gasteiger partial charge on any atom is -0.354 e. The van der Waals surface area contributed by atoms with Gasteiger partial charge in [0.1, 0.15) is 5.82 Å². The molecule has 1 fully saturated rings. The number of aryl methyl sites for hydroxylation is 1. The van der Waals surface area contributed by atoms with Crippen LogP contribution in [0.4, 0.5) is 11.5 Å². The third-order valence-electron chi connectivity index (χ3n) is 5.64. The van der Waals surface area contributed by atoms with Gasteiger partial charge in [-0.25, -0.2) is 4.98 Å². The number of piperazine rings is 1. The van der Waals surface area contributed by atoms with Crippen LogP contribution in [0.25, 0.3) is 17.0 Å². The summed E-state index contributed by atoms with van der Waals surface area (Å²) in [5, 5.41) is 4.02. The van der Waals surface area contributed by atoms with Crippen LogP contribution in [0.1, 0.15) is 18.1 Å². The van der Waals surface area contributed by atoms with Gasteiger partial charge in [0.05, 0.1) is 5.52 Å². The highest BCUT2D eigenvalue weighted by molar-refractivity contribution is 6.03. The first-order chi connectivity index (χ1) is 14.6. The molecular weight excluding hydrogens is 372 g/mol. The lowest BCUT2D eigenvalue weighted by Crippen LogP contribution is -2.46. The highest BCUT2D eigenvalue weighted by Crippen LogP contribution is 2.26. The van der Waals surface area contributed by atoms with Crippen molar-refractivity contribution in [3.63, 3.8) is 0 Å². The van der Waals surface area contributed by atoms with Gasteiger partial charge in [0.15, 0.2) is 0 Å². The van der Waals surface area contributed by atoms with Gasteiger partial charge in [-0.2, -0.15) is 0 Å². The smallest absolute Gasteiger partial charge is 0.248 e. The third-order valence-corrected chi connectivity index (χ3v) is 5.64. The molecule has 0 atom stereocenters. The van der Waals surface area contributed by atoms with Gasteiger partial charge in [0, 0.05) is 43.3 Å². The van der Waals surface area contributed by atoms with Gasteiger partial charge >= 0.3 is 0 Å². The molecule has 0 radical (unpaired) electrons. The molecule has 0 unspecified atom stereocenters. The van der Waals surface area contributed by atoms with Crippen molar-refractivity contribution in [2.45, 2.75) is 13.8 Å². The summed E-state index contributed by atoms with van der Waals surface area (Å²) in [6.45, 7) is 9.60. The average Bonchev–Trinajstić information content (AvgIpc) is 2.79. The van der Waals surface area contributed by atoms with E-state index in [2.05, 4.69) is 35.0 Å². The monoisotopic (exact) mass is 400 g/mol. The largest absolute Gasteiger partial charge is 0.354 e. The first-order valence-corrected chi connectivity index (χ1v) is 10.5. The van der Waals surface area contributed by atoms with Crippen LogP contribution in [0.3, 0.4) is 0 Å². The number of carbonyl (C=O) groups excluding carboxylic acids is 1. The van der Waals surface area contributed by atoms with E-state index in [1.54, 1.807) is 6.08 Å². The standard InChI is InChI=1S/C25H28N4O/c1-3-28-13-15-29(16-14-28)24-17-19(2)22-18-21(10-11-23(22)27-24)26-25(30)12-9-20-7-5-4-6-8-20/h4-12,17-18H,3,13-16H2,1-2H3,(H,26,30). The van der Waals surface area contributed by atoms with Crippen LogP contribution in [0.5, 0.6) is 0 Å². The molecule has 0 saturated carbocycles. The van der Waals surface area contributed by atoms with Crippen molar-refractivity contribution in [1.29, 1.82) is 0 Å². The van der Waals surface area contributed by atoms with Crippen molar-refractivity contribution >= 4 is 34.4 Å². The number of fused-ring (bicyclic) bond motifs is 1. The zero-order valence-electron chi connectivity index (χ0n) is 17.6. The molecule has 1 amide bonds. The highest BCUT2D eigenvalue weighted by atomic mass is 16.1. The third kappa shape index (κ3) is 4.69. The summed E-state index contributed by atoms with van der Waals surface area (Å²) >= 11 is 0. The van der Waals surface area contributed by atoms with Gasteiger partial charge in [-0.3, -0.25) is 4.79 Å². The van der Waals surface area contributed by atoms with Crippen LogP contribution < -0.4 is 10.2 Å². The Morgan fingerprint density at radius 2 is 1.83 bits per heavy atom. The summed E-state index contributed by atoms with van der Waals surface area (Å²) in [4.78, 5) is 22.0. The lowest BCUT2D eigenvalue weighted by molar-refractivity contribution is -0.111. The van der Waals surface area contributed by atoms with Crippen LogP contribution in [-0.2, 0) is 4.79 Å². The van der Waals surface area contributed by atoms with Crippen LogP contribution in [0.2, 0.25) is 0 Å². The van der Waals surface area contributed by atoms with Crippen LogP contribution in [0, 0.1) is 6.92 Å². The van der Waals surface area contributed by atoms with Crippen molar-refractivity contribution in [2.24, 2.45) is 0 Å². The molecule has 5 heteroatoms. The molecule has 1 aliphatic heterocycles. The van der Waals surface area contributed by atoms with E-state index in [0.29, 0.717) is 0 Å². The van der Waals surface area contributed by atoms with Crippen LogP contribution >= 0.6 is 0 Å². The van der Waals surface area contributed by atoms with E-state index in [1.165, 1.54) is 5.56 Å². The van der Waals surface area contributed by atoms with E-state index in [1.807, 2.05) is 54.6 Å². The van der Waals surface area contributed by atoms with E-state index in [4.69, 9.17) is 4.98 Å². The van der Waals surface area contributed by atoms with Gasteiger partial charge in [-0.1, -0.05) is 37.3 Å². The maximum absolute atomic E-state index is 12.3. The quantitative estimate of drug-likeness (QED) is 0.648. The SMILES string of the molecule is CCN1CCN(c2cc(C)c3cc(NC(=O)C=Cc4ccccc4)ccc3n2)CC1. The summed E-state index contributed by atoms with van der Waals surface area (Å²) in [6.07, 6.45) is 3.37. The van der Waals surface area contributed by atoms with Crippen molar-refractivity contribution in [3.05, 3.63) is 71.8 Å². The topological polar surface area (TPSA) is 48.5 Å². The minimum absolute atomic E-state index is 0.144. The van der Waals surface area contributed by atoms with Gasteiger partial charge < -0.3 is 15.1 Å². The molecule has 0 spiro atoms. The number of pyridine rings is 1. The number of hydrogen-bond donors (Lipinski definition) is 1. The summed E-state index contributed by atoms with van der Waals surface area (Å²) in [6, 6.07) is 17.9.